The zero-order valence-corrected chi connectivity index (χ0v) is 9.66. The van der Waals surface area contributed by atoms with Gasteiger partial charge in [0.25, 0.3) is 0 Å². The van der Waals surface area contributed by atoms with Gasteiger partial charge in [-0.1, -0.05) is 13.8 Å². The highest BCUT2D eigenvalue weighted by molar-refractivity contribution is 7.23. The fourth-order valence-electron chi connectivity index (χ4n) is 1.24. The second kappa shape index (κ2) is 4.90. The molecular weight excluding hydrogens is 230 g/mol. The molecule has 1 aromatic carbocycles. The molecule has 0 saturated carbocycles. The summed E-state index contributed by atoms with van der Waals surface area (Å²) in [5, 5.41) is 9.31. The smallest absolute Gasteiger partial charge is 0.176 e. The summed E-state index contributed by atoms with van der Waals surface area (Å²) in [5.41, 5.74) is 5.70. The molecule has 0 saturated heterocycles. The zero-order chi connectivity index (χ0) is 12.3. The number of hydrogen-bond acceptors (Lipinski definition) is 3. The largest absolute Gasteiger partial charge is 0.389 e. The van der Waals surface area contributed by atoms with Crippen molar-refractivity contribution in [1.82, 2.24) is 0 Å². The molecule has 0 aliphatic rings. The Kier molecular flexibility index (Phi) is 3.80. The minimum atomic E-state index is -0.944. The van der Waals surface area contributed by atoms with Crippen LogP contribution >= 0.6 is 11.3 Å². The standard InChI is InChI=1S/C9H4F2N2S.C2H6/c10-6-2-1-4-5(3-12)9(13)14-8(4)7(6)11;1-2/h1-2H,13H2;1-2H3. The van der Waals surface area contributed by atoms with Crippen molar-refractivity contribution in [3.05, 3.63) is 29.3 Å². The van der Waals surface area contributed by atoms with Gasteiger partial charge in [-0.3, -0.25) is 0 Å². The number of nitrogens with zero attached hydrogens (tertiary/aromatic N) is 1. The van der Waals surface area contributed by atoms with Gasteiger partial charge in [-0.25, -0.2) is 8.78 Å². The van der Waals surface area contributed by atoms with Crippen LogP contribution in [0.15, 0.2) is 12.1 Å². The maximum atomic E-state index is 13.2. The molecule has 0 bridgehead atoms. The number of nitrogens with two attached hydrogens (primary N) is 1. The van der Waals surface area contributed by atoms with Crippen LogP contribution in [0.25, 0.3) is 10.1 Å². The quantitative estimate of drug-likeness (QED) is 0.764. The molecule has 0 atom stereocenters. The van der Waals surface area contributed by atoms with E-state index in [9.17, 15) is 8.78 Å². The minimum Gasteiger partial charge on any atom is -0.389 e. The van der Waals surface area contributed by atoms with E-state index in [1.165, 1.54) is 6.07 Å². The SMILES string of the molecule is CC.N#Cc1c(N)sc2c(F)c(F)ccc12. The molecule has 5 heteroatoms. The number of thiophene rings is 1. The van der Waals surface area contributed by atoms with Gasteiger partial charge < -0.3 is 5.73 Å². The number of nitriles is 1. The van der Waals surface area contributed by atoms with E-state index in [-0.39, 0.29) is 15.3 Å². The predicted octanol–water partition coefficient (Wildman–Crippen LogP) is 3.66. The second-order valence-electron chi connectivity index (χ2n) is 2.69. The number of fused-ring (bicyclic) bond motifs is 1. The Morgan fingerprint density at radius 2 is 1.94 bits per heavy atom. The lowest BCUT2D eigenvalue weighted by molar-refractivity contribution is 0.518. The second-order valence-corrected chi connectivity index (χ2v) is 3.74. The molecule has 0 aliphatic carbocycles. The molecule has 0 fully saturated rings. The fraction of sp³-hybridized carbons (Fsp3) is 0.182. The van der Waals surface area contributed by atoms with Gasteiger partial charge in [0, 0.05) is 5.39 Å². The van der Waals surface area contributed by atoms with Gasteiger partial charge >= 0.3 is 0 Å². The topological polar surface area (TPSA) is 49.8 Å². The first-order valence-electron chi connectivity index (χ1n) is 4.71. The molecule has 2 nitrogen and oxygen atoms in total. The number of halogens is 2. The van der Waals surface area contributed by atoms with Crippen molar-refractivity contribution in [3.63, 3.8) is 0 Å². The lowest BCUT2D eigenvalue weighted by atomic mass is 10.2. The van der Waals surface area contributed by atoms with Crippen LogP contribution in [0.4, 0.5) is 13.8 Å². The normalized spacial score (nSPS) is 9.44. The molecule has 0 spiro atoms. The molecule has 0 unspecified atom stereocenters. The molecule has 1 heterocycles. The molecule has 1 aromatic heterocycles. The molecule has 84 valence electrons. The molecule has 0 amide bonds. The van der Waals surface area contributed by atoms with Crippen molar-refractivity contribution in [2.75, 3.05) is 5.73 Å². The lowest BCUT2D eigenvalue weighted by Crippen LogP contribution is -1.84. The Balaban J connectivity index is 0.000000606. The van der Waals surface area contributed by atoms with E-state index in [1.54, 1.807) is 0 Å². The number of hydrogen-bond donors (Lipinski definition) is 1. The van der Waals surface area contributed by atoms with Gasteiger partial charge in [-0.15, -0.1) is 11.3 Å². The Labute approximate surface area is 95.9 Å². The van der Waals surface area contributed by atoms with E-state index >= 15 is 0 Å². The summed E-state index contributed by atoms with van der Waals surface area (Å²) in [5.74, 6) is -1.87. The van der Waals surface area contributed by atoms with Crippen LogP contribution in [0.1, 0.15) is 19.4 Å². The Morgan fingerprint density at radius 3 is 2.50 bits per heavy atom. The molecule has 2 aromatic rings. The summed E-state index contributed by atoms with van der Waals surface area (Å²) >= 11 is 0.884. The lowest BCUT2D eigenvalue weighted by Gasteiger charge is -1.93. The average molecular weight is 240 g/mol. The summed E-state index contributed by atoms with van der Waals surface area (Å²) in [7, 11) is 0. The number of rotatable bonds is 0. The minimum absolute atomic E-state index is 0.0963. The van der Waals surface area contributed by atoms with Crippen LogP contribution in [0, 0.1) is 23.0 Å². The number of nitrogen functional groups attached to an aromatic ring is 1. The third-order valence-corrected chi connectivity index (χ3v) is 2.92. The number of anilines is 1. The average Bonchev–Trinajstić information content (AvgIpc) is 2.63. The molecule has 2 rings (SSSR count). The van der Waals surface area contributed by atoms with Gasteiger partial charge in [0.1, 0.15) is 11.1 Å². The molecule has 0 radical (unpaired) electrons. The van der Waals surface area contributed by atoms with Crippen molar-refractivity contribution in [2.45, 2.75) is 13.8 Å². The van der Waals surface area contributed by atoms with E-state index in [1.807, 2.05) is 19.9 Å². The highest BCUT2D eigenvalue weighted by Crippen LogP contribution is 2.35. The summed E-state index contributed by atoms with van der Waals surface area (Å²) in [4.78, 5) is 0. The van der Waals surface area contributed by atoms with Crippen molar-refractivity contribution in [1.29, 1.82) is 5.26 Å². The Hall–Kier alpha value is -1.67. The zero-order valence-electron chi connectivity index (χ0n) is 8.84. The maximum absolute atomic E-state index is 13.2. The van der Waals surface area contributed by atoms with Crippen LogP contribution in [0.2, 0.25) is 0 Å². The van der Waals surface area contributed by atoms with E-state index < -0.39 is 11.6 Å². The van der Waals surface area contributed by atoms with Gasteiger partial charge in [0.05, 0.1) is 10.3 Å². The van der Waals surface area contributed by atoms with Gasteiger partial charge in [-0.05, 0) is 12.1 Å². The van der Waals surface area contributed by atoms with E-state index in [2.05, 4.69) is 0 Å². The highest BCUT2D eigenvalue weighted by atomic mass is 32.1. The van der Waals surface area contributed by atoms with Crippen molar-refractivity contribution < 1.29 is 8.78 Å². The van der Waals surface area contributed by atoms with Crippen molar-refractivity contribution in [3.8, 4) is 6.07 Å². The van der Waals surface area contributed by atoms with Gasteiger partial charge in [-0.2, -0.15) is 5.26 Å². The summed E-state index contributed by atoms with van der Waals surface area (Å²) in [6.45, 7) is 4.00. The predicted molar refractivity (Wildman–Crippen MR) is 62.2 cm³/mol. The van der Waals surface area contributed by atoms with Crippen LogP contribution in [-0.4, -0.2) is 0 Å². The van der Waals surface area contributed by atoms with Crippen molar-refractivity contribution >= 4 is 26.4 Å². The molecular formula is C11H10F2N2S. The third-order valence-electron chi connectivity index (χ3n) is 1.89. The van der Waals surface area contributed by atoms with E-state index in [0.717, 1.165) is 17.4 Å². The molecule has 2 N–H and O–H groups in total. The van der Waals surface area contributed by atoms with E-state index in [4.69, 9.17) is 11.0 Å². The van der Waals surface area contributed by atoms with E-state index in [0.29, 0.717) is 5.39 Å². The third kappa shape index (κ3) is 1.84. The van der Waals surface area contributed by atoms with Crippen LogP contribution in [0.5, 0.6) is 0 Å². The first kappa shape index (κ1) is 12.4. The summed E-state index contributed by atoms with van der Waals surface area (Å²) < 4.78 is 26.1. The van der Waals surface area contributed by atoms with Crippen molar-refractivity contribution in [2.24, 2.45) is 0 Å². The Bertz CT molecular complexity index is 555. The first-order valence-corrected chi connectivity index (χ1v) is 5.53. The molecule has 16 heavy (non-hydrogen) atoms. The number of benzene rings is 1. The van der Waals surface area contributed by atoms with Crippen LogP contribution in [0.3, 0.4) is 0 Å². The maximum Gasteiger partial charge on any atom is 0.176 e. The van der Waals surface area contributed by atoms with Crippen LogP contribution < -0.4 is 5.73 Å². The molecule has 0 aliphatic heterocycles. The van der Waals surface area contributed by atoms with Gasteiger partial charge in [0.2, 0.25) is 0 Å². The fourth-order valence-corrected chi connectivity index (χ4v) is 2.18. The summed E-state index contributed by atoms with van der Waals surface area (Å²) in [6, 6.07) is 4.21. The highest BCUT2D eigenvalue weighted by Gasteiger charge is 2.15. The monoisotopic (exact) mass is 240 g/mol. The first-order chi connectivity index (χ1) is 7.65. The van der Waals surface area contributed by atoms with Crippen LogP contribution in [-0.2, 0) is 0 Å². The Morgan fingerprint density at radius 1 is 1.31 bits per heavy atom. The summed E-state index contributed by atoms with van der Waals surface area (Å²) in [6.07, 6.45) is 0. The van der Waals surface area contributed by atoms with Gasteiger partial charge in [0.15, 0.2) is 11.6 Å².